The molecular formula is C39H47N4O6+. The second-order valence-electron chi connectivity index (χ2n) is 12.6. The van der Waals surface area contributed by atoms with Crippen LogP contribution in [0.25, 0.3) is 33.4 Å². The van der Waals surface area contributed by atoms with Gasteiger partial charge in [-0.05, 0) is 70.4 Å². The van der Waals surface area contributed by atoms with Crippen molar-refractivity contribution in [1.82, 2.24) is 15.2 Å². The van der Waals surface area contributed by atoms with Crippen LogP contribution in [-0.4, -0.2) is 76.4 Å². The van der Waals surface area contributed by atoms with Crippen molar-refractivity contribution >= 4 is 34.4 Å². The van der Waals surface area contributed by atoms with Crippen LogP contribution in [0.5, 0.6) is 0 Å². The number of hydrogen-bond donors (Lipinski definition) is 2. The van der Waals surface area contributed by atoms with Crippen LogP contribution < -0.4 is 25.5 Å². The lowest BCUT2D eigenvalue weighted by atomic mass is 9.78. The zero-order chi connectivity index (χ0) is 34.7. The largest absolute Gasteiger partial charge is 0.469 e. The number of anilines is 1. The second-order valence-corrected chi connectivity index (χ2v) is 12.6. The molecule has 10 heteroatoms. The first-order valence-corrected chi connectivity index (χ1v) is 17.5. The van der Waals surface area contributed by atoms with Crippen LogP contribution in [0.1, 0.15) is 50.9 Å². The summed E-state index contributed by atoms with van der Waals surface area (Å²) in [5, 5.41) is 7.90. The van der Waals surface area contributed by atoms with Crippen molar-refractivity contribution in [3.05, 3.63) is 71.6 Å². The molecule has 2 N–H and O–H groups in total. The van der Waals surface area contributed by atoms with E-state index in [1.807, 2.05) is 24.3 Å². The van der Waals surface area contributed by atoms with Gasteiger partial charge in [-0.25, -0.2) is 4.58 Å². The number of fused-ring (bicyclic) bond motifs is 4. The molecule has 2 amide bonds. The fraction of sp³-hybridized carbons (Fsp3) is 0.436. The summed E-state index contributed by atoms with van der Waals surface area (Å²) < 4.78 is 19.7. The lowest BCUT2D eigenvalue weighted by Crippen LogP contribution is -2.45. The molecule has 4 atom stereocenters. The highest BCUT2D eigenvalue weighted by molar-refractivity contribution is 6.09. The van der Waals surface area contributed by atoms with E-state index in [-0.39, 0.29) is 37.1 Å². The Balaban J connectivity index is 1.30. The number of amides is 2. The smallest absolute Gasteiger partial charge is 0.312 e. The average Bonchev–Trinajstić information content (AvgIpc) is 3.75. The summed E-state index contributed by atoms with van der Waals surface area (Å²) in [6.07, 6.45) is 0.921. The van der Waals surface area contributed by atoms with Gasteiger partial charge in [-0.2, -0.15) is 0 Å². The minimum atomic E-state index is -0.598. The van der Waals surface area contributed by atoms with E-state index in [1.165, 1.54) is 7.11 Å². The third-order valence-corrected chi connectivity index (χ3v) is 10.1. The van der Waals surface area contributed by atoms with Crippen molar-refractivity contribution in [2.45, 2.75) is 52.7 Å². The molecule has 2 saturated heterocycles. The van der Waals surface area contributed by atoms with Crippen molar-refractivity contribution in [1.29, 1.82) is 0 Å². The Morgan fingerprint density at radius 2 is 1.57 bits per heavy atom. The van der Waals surface area contributed by atoms with Gasteiger partial charge in [0.25, 0.3) is 5.91 Å². The summed E-state index contributed by atoms with van der Waals surface area (Å²) in [6, 6.07) is 20.2. The Hall–Kier alpha value is -4.70. The summed E-state index contributed by atoms with van der Waals surface area (Å²) in [4.78, 5) is 41.6. The molecule has 0 radical (unpaired) electrons. The summed E-state index contributed by atoms with van der Waals surface area (Å²) >= 11 is 0. The van der Waals surface area contributed by atoms with E-state index in [2.05, 4.69) is 84.2 Å². The van der Waals surface area contributed by atoms with E-state index >= 15 is 0 Å². The van der Waals surface area contributed by atoms with E-state index in [0.717, 1.165) is 83.5 Å². The number of carbonyl (C=O) groups excluding carboxylic acids is 3. The molecule has 49 heavy (non-hydrogen) atoms. The third kappa shape index (κ3) is 6.54. The molecule has 1 aliphatic carbocycles. The van der Waals surface area contributed by atoms with Crippen LogP contribution in [0, 0.1) is 11.8 Å². The number of nitrogens with zero attached hydrogens (tertiary/aromatic N) is 2. The number of esters is 1. The highest BCUT2D eigenvalue weighted by Gasteiger charge is 2.55. The Morgan fingerprint density at radius 1 is 0.857 bits per heavy atom. The van der Waals surface area contributed by atoms with Crippen LogP contribution in [0.2, 0.25) is 0 Å². The maximum absolute atomic E-state index is 13.8. The Kier molecular flexibility index (Phi) is 10.3. The number of nitrogens with one attached hydrogen (secondary N) is 2. The molecule has 0 aromatic heterocycles. The highest BCUT2D eigenvalue weighted by Crippen LogP contribution is 2.44. The van der Waals surface area contributed by atoms with Gasteiger partial charge in [0.2, 0.25) is 11.3 Å². The molecule has 2 bridgehead atoms. The van der Waals surface area contributed by atoms with Gasteiger partial charge in [0.05, 0.1) is 37.2 Å². The zero-order valence-electron chi connectivity index (χ0n) is 29.1. The molecule has 0 saturated carbocycles. The van der Waals surface area contributed by atoms with Crippen molar-refractivity contribution in [2.75, 3.05) is 51.3 Å². The SMILES string of the molecule is CCN(CC)c1ccc2c(-c3ccccc3C(=O)NCCNC(=O)[C@@H]3[C@H](C(=O)OC)[C@H]4CC[C@@H]3O4)c3ccc(=[N+](CC)CC)cc-3oc2c1. The van der Waals surface area contributed by atoms with Crippen LogP contribution in [0.3, 0.4) is 0 Å². The summed E-state index contributed by atoms with van der Waals surface area (Å²) in [5.74, 6) is -1.36. The number of methoxy groups -OCH3 is 1. The van der Waals surface area contributed by atoms with E-state index in [4.69, 9.17) is 13.9 Å². The molecule has 3 heterocycles. The lowest BCUT2D eigenvalue weighted by Gasteiger charge is -2.25. The molecule has 10 nitrogen and oxygen atoms in total. The highest BCUT2D eigenvalue weighted by atomic mass is 16.5. The summed E-state index contributed by atoms with van der Waals surface area (Å²) in [7, 11) is 1.33. The fourth-order valence-electron chi connectivity index (χ4n) is 7.65. The van der Waals surface area contributed by atoms with Crippen molar-refractivity contribution in [3.63, 3.8) is 0 Å². The molecule has 2 aromatic carbocycles. The quantitative estimate of drug-likeness (QED) is 0.0977. The average molecular weight is 668 g/mol. The van der Waals surface area contributed by atoms with Gasteiger partial charge >= 0.3 is 5.97 Å². The number of carbonyl (C=O) groups is 3. The second kappa shape index (κ2) is 14.8. The van der Waals surface area contributed by atoms with Gasteiger partial charge in [0.15, 0.2) is 0 Å². The van der Waals surface area contributed by atoms with Gasteiger partial charge in [-0.15, -0.1) is 0 Å². The third-order valence-electron chi connectivity index (χ3n) is 10.1. The van der Waals surface area contributed by atoms with Gasteiger partial charge in [0.1, 0.15) is 24.4 Å². The van der Waals surface area contributed by atoms with E-state index in [1.54, 1.807) is 0 Å². The maximum atomic E-state index is 13.8. The Bertz CT molecular complexity index is 1890. The van der Waals surface area contributed by atoms with E-state index in [9.17, 15) is 14.4 Å². The molecule has 258 valence electrons. The van der Waals surface area contributed by atoms with Crippen LogP contribution in [0.15, 0.2) is 65.1 Å². The normalized spacial score (nSPS) is 19.6. The molecule has 2 fully saturated rings. The fourth-order valence-corrected chi connectivity index (χ4v) is 7.65. The summed E-state index contributed by atoms with van der Waals surface area (Å²) in [6.45, 7) is 12.5. The van der Waals surface area contributed by atoms with E-state index < -0.39 is 17.8 Å². The van der Waals surface area contributed by atoms with Crippen LogP contribution in [-0.2, 0) is 19.1 Å². The monoisotopic (exact) mass is 667 g/mol. The Labute approximate surface area is 287 Å². The standard InChI is InChI=1S/C39H46N4O6/c1-6-42(7-2)24-14-16-28-32(22-24)49-33-23-25(43(8-3)9-4)15-17-29(33)34(28)26-12-10-11-13-27(26)37(44)40-20-21-41-38(45)35-30-18-19-31(48-30)36(35)39(46)47-5/h10-17,22-23,30-31,35-36H,6-9,18-21H2,1-5H3,(H-,40,41,44,45)/p+1/t30-,31+,35-,36+/m0/s1. The maximum Gasteiger partial charge on any atom is 0.312 e. The van der Waals surface area contributed by atoms with Crippen molar-refractivity contribution < 1.29 is 28.3 Å². The minimum absolute atomic E-state index is 0.215. The molecule has 4 aliphatic rings. The van der Waals surface area contributed by atoms with Crippen molar-refractivity contribution in [3.8, 4) is 22.5 Å². The van der Waals surface area contributed by atoms with Gasteiger partial charge in [0, 0.05) is 66.1 Å². The first-order valence-electron chi connectivity index (χ1n) is 17.5. The molecule has 0 spiro atoms. The predicted molar refractivity (Wildman–Crippen MR) is 190 cm³/mol. The zero-order valence-corrected chi connectivity index (χ0v) is 29.1. The predicted octanol–water partition coefficient (Wildman–Crippen LogP) is 4.68. The Morgan fingerprint density at radius 3 is 2.29 bits per heavy atom. The van der Waals surface area contributed by atoms with Crippen molar-refractivity contribution in [2.24, 2.45) is 11.8 Å². The van der Waals surface area contributed by atoms with E-state index in [0.29, 0.717) is 5.56 Å². The molecular weight excluding hydrogens is 620 g/mol. The first kappa shape index (κ1) is 34.2. The topological polar surface area (TPSA) is 113 Å². The lowest BCUT2D eigenvalue weighted by molar-refractivity contribution is -0.151. The number of rotatable bonds is 12. The van der Waals surface area contributed by atoms with Crippen LogP contribution >= 0.6 is 0 Å². The van der Waals surface area contributed by atoms with Gasteiger partial charge in [-0.3, -0.25) is 14.4 Å². The summed E-state index contributed by atoms with van der Waals surface area (Å²) in [5.41, 5.74) is 4.99. The first-order chi connectivity index (χ1) is 23.8. The minimum Gasteiger partial charge on any atom is -0.469 e. The number of hydrogen-bond acceptors (Lipinski definition) is 7. The molecule has 2 aromatic rings. The van der Waals surface area contributed by atoms with Gasteiger partial charge in [-0.1, -0.05) is 18.2 Å². The molecule has 0 unspecified atom stereocenters. The number of ether oxygens (including phenoxy) is 2. The number of benzene rings is 3. The van der Waals surface area contributed by atoms with Gasteiger partial charge < -0.3 is 29.4 Å². The molecule has 6 rings (SSSR count). The molecule has 3 aliphatic heterocycles. The van der Waals surface area contributed by atoms with Crippen LogP contribution in [0.4, 0.5) is 5.69 Å².